The smallest absolute Gasteiger partial charge is 0.238 e. The van der Waals surface area contributed by atoms with Crippen LogP contribution in [0.15, 0.2) is 58.3 Å². The summed E-state index contributed by atoms with van der Waals surface area (Å²) in [7, 11) is 0. The Bertz CT molecular complexity index is 1020. The second-order valence-corrected chi connectivity index (χ2v) is 8.20. The second-order valence-electron chi connectivity index (χ2n) is 7.26. The maximum atomic E-state index is 12.9. The molecular formula is C22H24N6O2S. The van der Waals surface area contributed by atoms with Crippen LogP contribution < -0.4 is 9.80 Å². The van der Waals surface area contributed by atoms with Crippen LogP contribution >= 0.6 is 11.8 Å². The number of para-hydroxylation sites is 1. The van der Waals surface area contributed by atoms with Gasteiger partial charge in [-0.2, -0.15) is 5.26 Å². The lowest BCUT2D eigenvalue weighted by Gasteiger charge is -2.27. The largest absolute Gasteiger partial charge is 0.467 e. The van der Waals surface area contributed by atoms with Gasteiger partial charge >= 0.3 is 0 Å². The van der Waals surface area contributed by atoms with Crippen LogP contribution in [0.3, 0.4) is 0 Å². The second kappa shape index (κ2) is 10.2. The lowest BCUT2D eigenvalue weighted by Crippen LogP contribution is -2.33. The van der Waals surface area contributed by atoms with Crippen molar-refractivity contribution in [3.8, 4) is 6.07 Å². The molecule has 31 heavy (non-hydrogen) atoms. The Kier molecular flexibility index (Phi) is 6.89. The molecule has 1 aliphatic heterocycles. The summed E-state index contributed by atoms with van der Waals surface area (Å²) in [5, 5.41) is 18.7. The third kappa shape index (κ3) is 5.09. The normalized spacial score (nSPS) is 13.7. The summed E-state index contributed by atoms with van der Waals surface area (Å²) in [6.07, 6.45) is 5.15. The van der Waals surface area contributed by atoms with E-state index < -0.39 is 0 Å². The molecule has 0 aliphatic carbocycles. The van der Waals surface area contributed by atoms with Gasteiger partial charge in [-0.15, -0.1) is 10.2 Å². The number of benzene rings is 1. The molecule has 1 aromatic carbocycles. The molecule has 0 saturated carbocycles. The number of nitriles is 1. The van der Waals surface area contributed by atoms with Crippen LogP contribution in [0.2, 0.25) is 0 Å². The van der Waals surface area contributed by atoms with Crippen molar-refractivity contribution in [1.29, 1.82) is 5.26 Å². The van der Waals surface area contributed by atoms with Crippen molar-refractivity contribution in [2.45, 2.75) is 31.0 Å². The number of piperidine rings is 1. The Morgan fingerprint density at radius 2 is 1.94 bits per heavy atom. The minimum Gasteiger partial charge on any atom is -0.467 e. The first-order chi connectivity index (χ1) is 15.3. The molecule has 1 amide bonds. The van der Waals surface area contributed by atoms with E-state index in [1.807, 2.05) is 47.0 Å². The van der Waals surface area contributed by atoms with Gasteiger partial charge in [0.1, 0.15) is 12.3 Å². The fraction of sp³-hybridized carbons (Fsp3) is 0.364. The summed E-state index contributed by atoms with van der Waals surface area (Å²) in [6.45, 7) is 2.40. The molecule has 3 heterocycles. The predicted octanol–water partition coefficient (Wildman–Crippen LogP) is 3.56. The van der Waals surface area contributed by atoms with E-state index in [9.17, 15) is 10.1 Å². The molecule has 1 fully saturated rings. The Hall–Kier alpha value is -3.25. The summed E-state index contributed by atoms with van der Waals surface area (Å²) in [5.74, 6) is 1.63. The highest BCUT2D eigenvalue weighted by Crippen LogP contribution is 2.26. The van der Waals surface area contributed by atoms with Gasteiger partial charge in [0.25, 0.3) is 0 Å². The van der Waals surface area contributed by atoms with E-state index in [2.05, 4.69) is 21.2 Å². The topological polar surface area (TPSA) is 91.2 Å². The van der Waals surface area contributed by atoms with Crippen molar-refractivity contribution in [1.82, 2.24) is 14.8 Å². The maximum absolute atomic E-state index is 12.9. The van der Waals surface area contributed by atoms with Crippen molar-refractivity contribution in [3.05, 3.63) is 54.5 Å². The summed E-state index contributed by atoms with van der Waals surface area (Å²) >= 11 is 1.33. The number of aromatic nitrogens is 3. The van der Waals surface area contributed by atoms with Crippen LogP contribution in [0.1, 0.15) is 25.0 Å². The molecule has 0 bridgehead atoms. The minimum absolute atomic E-state index is 0.00151. The fourth-order valence-electron chi connectivity index (χ4n) is 3.62. The van der Waals surface area contributed by atoms with Crippen molar-refractivity contribution in [2.24, 2.45) is 0 Å². The standard InChI is InChI=1S/C22H24N6O2S/c23-11-14-27(18-8-3-1-4-9-18)20(29)17-31-22-25-24-21(26-12-5-2-6-13-26)28(22)16-19-10-7-15-30-19/h1,3-4,7-10,15H,2,5-6,12-14,16-17H2. The van der Waals surface area contributed by atoms with Gasteiger partial charge in [0.2, 0.25) is 11.9 Å². The maximum Gasteiger partial charge on any atom is 0.238 e. The van der Waals surface area contributed by atoms with Crippen LogP contribution in [0.25, 0.3) is 0 Å². The first kappa shape index (κ1) is 21.0. The zero-order valence-electron chi connectivity index (χ0n) is 17.2. The van der Waals surface area contributed by atoms with Crippen molar-refractivity contribution in [2.75, 3.05) is 35.2 Å². The highest BCUT2D eigenvalue weighted by molar-refractivity contribution is 7.99. The molecule has 8 nitrogen and oxygen atoms in total. The lowest BCUT2D eigenvalue weighted by atomic mass is 10.1. The zero-order valence-corrected chi connectivity index (χ0v) is 18.0. The number of thioether (sulfide) groups is 1. The average Bonchev–Trinajstić information content (AvgIpc) is 3.47. The molecular weight excluding hydrogens is 412 g/mol. The Balaban J connectivity index is 1.52. The monoisotopic (exact) mass is 436 g/mol. The number of carbonyl (C=O) groups excluding carboxylic acids is 1. The van der Waals surface area contributed by atoms with Crippen molar-refractivity contribution < 1.29 is 9.21 Å². The summed E-state index contributed by atoms with van der Waals surface area (Å²) in [6, 6.07) is 15.1. The molecule has 1 aliphatic rings. The molecule has 1 saturated heterocycles. The van der Waals surface area contributed by atoms with E-state index >= 15 is 0 Å². The SMILES string of the molecule is N#CCN(C(=O)CSc1nnc(N2CCCCC2)n1Cc1ccco1)c1ccccc1. The van der Waals surface area contributed by atoms with E-state index in [1.165, 1.54) is 23.1 Å². The molecule has 0 spiro atoms. The fourth-order valence-corrected chi connectivity index (χ4v) is 4.43. The van der Waals surface area contributed by atoms with E-state index in [1.54, 1.807) is 6.26 Å². The Morgan fingerprint density at radius 1 is 1.13 bits per heavy atom. The van der Waals surface area contributed by atoms with Gasteiger partial charge in [0.05, 0.1) is 24.6 Å². The van der Waals surface area contributed by atoms with E-state index in [0.29, 0.717) is 17.4 Å². The van der Waals surface area contributed by atoms with E-state index in [0.717, 1.165) is 37.6 Å². The van der Waals surface area contributed by atoms with Gasteiger partial charge in [-0.3, -0.25) is 14.3 Å². The molecule has 0 radical (unpaired) electrons. The summed E-state index contributed by atoms with van der Waals surface area (Å²) < 4.78 is 7.56. The first-order valence-electron chi connectivity index (χ1n) is 10.3. The third-order valence-electron chi connectivity index (χ3n) is 5.15. The van der Waals surface area contributed by atoms with E-state index in [-0.39, 0.29) is 18.2 Å². The first-order valence-corrected chi connectivity index (χ1v) is 11.3. The van der Waals surface area contributed by atoms with Crippen LogP contribution in [0.4, 0.5) is 11.6 Å². The molecule has 0 unspecified atom stereocenters. The summed E-state index contributed by atoms with van der Waals surface area (Å²) in [4.78, 5) is 16.7. The molecule has 3 aromatic rings. The molecule has 160 valence electrons. The molecule has 4 rings (SSSR count). The van der Waals surface area contributed by atoms with E-state index in [4.69, 9.17) is 4.42 Å². The quantitative estimate of drug-likeness (QED) is 0.394. The number of anilines is 2. The van der Waals surface area contributed by atoms with Crippen molar-refractivity contribution in [3.63, 3.8) is 0 Å². The van der Waals surface area contributed by atoms with Gasteiger partial charge in [-0.05, 0) is 43.5 Å². The number of nitrogens with zero attached hydrogens (tertiary/aromatic N) is 6. The van der Waals surface area contributed by atoms with Gasteiger partial charge in [-0.1, -0.05) is 30.0 Å². The predicted molar refractivity (Wildman–Crippen MR) is 119 cm³/mol. The Labute approximate surface area is 185 Å². The van der Waals surface area contributed by atoms with Gasteiger partial charge < -0.3 is 9.32 Å². The summed E-state index contributed by atoms with van der Waals surface area (Å²) in [5.41, 5.74) is 0.709. The van der Waals surface area contributed by atoms with Crippen molar-refractivity contribution >= 4 is 29.3 Å². The molecule has 0 N–H and O–H groups in total. The highest BCUT2D eigenvalue weighted by Gasteiger charge is 2.23. The molecule has 9 heteroatoms. The number of hydrogen-bond acceptors (Lipinski definition) is 7. The van der Waals surface area contributed by atoms with Gasteiger partial charge in [0.15, 0.2) is 5.16 Å². The molecule has 0 atom stereocenters. The van der Waals surface area contributed by atoms with Crippen LogP contribution in [0.5, 0.6) is 0 Å². The number of rotatable bonds is 8. The number of hydrogen-bond donors (Lipinski definition) is 0. The minimum atomic E-state index is -0.148. The lowest BCUT2D eigenvalue weighted by molar-refractivity contribution is -0.116. The van der Waals surface area contributed by atoms with Gasteiger partial charge in [-0.25, -0.2) is 0 Å². The van der Waals surface area contributed by atoms with Crippen LogP contribution in [0, 0.1) is 11.3 Å². The zero-order chi connectivity index (χ0) is 21.5. The van der Waals surface area contributed by atoms with Crippen LogP contribution in [-0.2, 0) is 11.3 Å². The number of amides is 1. The van der Waals surface area contributed by atoms with Gasteiger partial charge in [0, 0.05) is 18.8 Å². The Morgan fingerprint density at radius 3 is 2.65 bits per heavy atom. The highest BCUT2D eigenvalue weighted by atomic mass is 32.2. The molecule has 2 aromatic heterocycles. The van der Waals surface area contributed by atoms with Crippen LogP contribution in [-0.4, -0.2) is 46.1 Å². The number of carbonyl (C=O) groups is 1. The number of furan rings is 1. The average molecular weight is 437 g/mol. The third-order valence-corrected chi connectivity index (χ3v) is 6.10.